The van der Waals surface area contributed by atoms with Gasteiger partial charge in [0.2, 0.25) is 0 Å². The first kappa shape index (κ1) is 17.4. The number of methoxy groups -OCH3 is 1. The predicted octanol–water partition coefficient (Wildman–Crippen LogP) is 1.62. The Balaban J connectivity index is 0.00000192. The fraction of sp³-hybridized carbons (Fsp3) is 0.333. The van der Waals surface area contributed by atoms with E-state index in [1.165, 1.54) is 18.2 Å². The average molecular weight is 342 g/mol. The van der Waals surface area contributed by atoms with Crippen molar-refractivity contribution in [1.82, 2.24) is 15.8 Å². The lowest BCUT2D eigenvalue weighted by Crippen LogP contribution is -2.43. The molecule has 0 bridgehead atoms. The van der Waals surface area contributed by atoms with Crippen molar-refractivity contribution in [2.45, 2.75) is 12.1 Å². The smallest absolute Gasteiger partial charge is 0.273 e. The van der Waals surface area contributed by atoms with E-state index >= 15 is 0 Å². The lowest BCUT2D eigenvalue weighted by atomic mass is 10.1. The van der Waals surface area contributed by atoms with Gasteiger partial charge in [0.15, 0.2) is 11.5 Å². The second-order valence-corrected chi connectivity index (χ2v) is 5.10. The Kier molecular flexibility index (Phi) is 5.70. The molecule has 2 N–H and O–H groups in total. The van der Waals surface area contributed by atoms with E-state index in [1.807, 2.05) is 0 Å². The Bertz CT molecular complexity index is 662. The van der Waals surface area contributed by atoms with Crippen molar-refractivity contribution in [3.8, 4) is 11.3 Å². The minimum Gasteiger partial charge on any atom is -0.378 e. The Morgan fingerprint density at radius 2 is 2.13 bits per heavy atom. The molecule has 124 valence electrons. The summed E-state index contributed by atoms with van der Waals surface area (Å²) in [5.41, 5.74) is 0.839. The van der Waals surface area contributed by atoms with Gasteiger partial charge < -0.3 is 19.9 Å². The van der Waals surface area contributed by atoms with Gasteiger partial charge in [-0.2, -0.15) is 0 Å². The highest BCUT2D eigenvalue weighted by atomic mass is 35.5. The van der Waals surface area contributed by atoms with Crippen LogP contribution in [-0.2, 0) is 4.74 Å². The van der Waals surface area contributed by atoms with Gasteiger partial charge in [0.25, 0.3) is 5.91 Å². The maximum absolute atomic E-state index is 12.9. The number of aromatic nitrogens is 1. The quantitative estimate of drug-likeness (QED) is 0.883. The van der Waals surface area contributed by atoms with Gasteiger partial charge in [0.1, 0.15) is 5.82 Å². The van der Waals surface area contributed by atoms with Crippen molar-refractivity contribution >= 4 is 18.3 Å². The summed E-state index contributed by atoms with van der Waals surface area (Å²) < 4.78 is 23.3. The zero-order valence-electron chi connectivity index (χ0n) is 12.4. The van der Waals surface area contributed by atoms with Crippen LogP contribution in [0.5, 0.6) is 0 Å². The standard InChI is InChI=1S/C15H16FN3O3.ClH/c1-21-14-8-17-7-12(14)18-15(20)11-6-13(22-19-11)9-2-4-10(16)5-3-9;/h2-6,12,14,17H,7-8H2,1H3,(H,18,20);1H/t12?,14-;/m0./s1. The van der Waals surface area contributed by atoms with E-state index < -0.39 is 0 Å². The topological polar surface area (TPSA) is 76.4 Å². The molecule has 0 spiro atoms. The van der Waals surface area contributed by atoms with E-state index in [9.17, 15) is 9.18 Å². The van der Waals surface area contributed by atoms with E-state index in [2.05, 4.69) is 15.8 Å². The van der Waals surface area contributed by atoms with Crippen LogP contribution in [0.25, 0.3) is 11.3 Å². The number of nitrogens with one attached hydrogen (secondary N) is 2. The van der Waals surface area contributed by atoms with Gasteiger partial charge in [-0.1, -0.05) is 5.16 Å². The number of carbonyl (C=O) groups is 1. The third-order valence-corrected chi connectivity index (χ3v) is 3.65. The zero-order valence-corrected chi connectivity index (χ0v) is 13.2. The number of amides is 1. The van der Waals surface area contributed by atoms with Gasteiger partial charge in [-0.3, -0.25) is 4.79 Å². The van der Waals surface area contributed by atoms with Gasteiger partial charge in [0, 0.05) is 31.8 Å². The third-order valence-electron chi connectivity index (χ3n) is 3.65. The van der Waals surface area contributed by atoms with E-state index in [0.717, 1.165) is 0 Å². The molecule has 2 atom stereocenters. The largest absolute Gasteiger partial charge is 0.378 e. The molecule has 1 aromatic heterocycles. The van der Waals surface area contributed by atoms with Crippen LogP contribution in [0.2, 0.25) is 0 Å². The molecule has 2 aromatic rings. The maximum atomic E-state index is 12.9. The van der Waals surface area contributed by atoms with Crippen LogP contribution < -0.4 is 10.6 Å². The van der Waals surface area contributed by atoms with Gasteiger partial charge in [-0.25, -0.2) is 4.39 Å². The average Bonchev–Trinajstić information content (AvgIpc) is 3.16. The summed E-state index contributed by atoms with van der Waals surface area (Å²) in [4.78, 5) is 12.2. The van der Waals surface area contributed by atoms with Gasteiger partial charge in [0.05, 0.1) is 12.1 Å². The molecule has 23 heavy (non-hydrogen) atoms. The Morgan fingerprint density at radius 3 is 2.83 bits per heavy atom. The number of ether oxygens (including phenoxy) is 1. The molecule has 0 aliphatic carbocycles. The summed E-state index contributed by atoms with van der Waals surface area (Å²) in [6.07, 6.45) is -0.0626. The summed E-state index contributed by atoms with van der Waals surface area (Å²) in [6.45, 7) is 1.34. The second kappa shape index (κ2) is 7.54. The minimum atomic E-state index is -0.333. The van der Waals surface area contributed by atoms with Crippen molar-refractivity contribution in [2.24, 2.45) is 0 Å². The highest BCUT2D eigenvalue weighted by molar-refractivity contribution is 5.93. The lowest BCUT2D eigenvalue weighted by Gasteiger charge is -2.17. The highest BCUT2D eigenvalue weighted by Gasteiger charge is 2.29. The highest BCUT2D eigenvalue weighted by Crippen LogP contribution is 2.20. The summed E-state index contributed by atoms with van der Waals surface area (Å²) >= 11 is 0. The van der Waals surface area contributed by atoms with Gasteiger partial charge in [-0.05, 0) is 24.3 Å². The Morgan fingerprint density at radius 1 is 1.39 bits per heavy atom. The summed E-state index contributed by atoms with van der Waals surface area (Å²) in [7, 11) is 1.61. The predicted molar refractivity (Wildman–Crippen MR) is 84.1 cm³/mol. The fourth-order valence-corrected chi connectivity index (χ4v) is 2.42. The van der Waals surface area contributed by atoms with E-state index in [1.54, 1.807) is 19.2 Å². The van der Waals surface area contributed by atoms with E-state index in [-0.39, 0.29) is 42.0 Å². The van der Waals surface area contributed by atoms with Crippen molar-refractivity contribution in [1.29, 1.82) is 0 Å². The first-order chi connectivity index (χ1) is 10.7. The second-order valence-electron chi connectivity index (χ2n) is 5.10. The van der Waals surface area contributed by atoms with Crippen LogP contribution in [0.1, 0.15) is 10.5 Å². The fourth-order valence-electron chi connectivity index (χ4n) is 2.42. The molecule has 1 aliphatic rings. The number of hydrogen-bond acceptors (Lipinski definition) is 5. The molecule has 1 saturated heterocycles. The number of rotatable bonds is 4. The summed E-state index contributed by atoms with van der Waals surface area (Å²) in [5.74, 6) is -0.244. The minimum absolute atomic E-state index is 0. The number of halogens is 2. The Labute approximate surface area is 138 Å². The van der Waals surface area contributed by atoms with Crippen LogP contribution in [-0.4, -0.2) is 43.4 Å². The normalized spacial score (nSPS) is 20.1. The molecule has 2 heterocycles. The zero-order chi connectivity index (χ0) is 15.5. The number of carbonyl (C=O) groups excluding carboxylic acids is 1. The van der Waals surface area contributed by atoms with Crippen LogP contribution in [0, 0.1) is 5.82 Å². The van der Waals surface area contributed by atoms with E-state index in [4.69, 9.17) is 9.26 Å². The molecular weight excluding hydrogens is 325 g/mol. The number of nitrogens with zero attached hydrogens (tertiary/aromatic N) is 1. The summed E-state index contributed by atoms with van der Waals surface area (Å²) in [6, 6.07) is 7.21. The van der Waals surface area contributed by atoms with Crippen LogP contribution >= 0.6 is 12.4 Å². The van der Waals surface area contributed by atoms with Gasteiger partial charge in [-0.15, -0.1) is 12.4 Å². The monoisotopic (exact) mass is 341 g/mol. The molecule has 8 heteroatoms. The Hall–Kier alpha value is -1.96. The van der Waals surface area contributed by atoms with Crippen molar-refractivity contribution in [3.63, 3.8) is 0 Å². The van der Waals surface area contributed by atoms with Crippen LogP contribution in [0.4, 0.5) is 4.39 Å². The molecule has 1 aliphatic heterocycles. The van der Waals surface area contributed by atoms with Crippen molar-refractivity contribution < 1.29 is 18.4 Å². The number of benzene rings is 1. The maximum Gasteiger partial charge on any atom is 0.273 e. The third kappa shape index (κ3) is 3.87. The lowest BCUT2D eigenvalue weighted by molar-refractivity contribution is 0.0773. The van der Waals surface area contributed by atoms with Crippen LogP contribution in [0.3, 0.4) is 0 Å². The SMILES string of the molecule is CO[C@H]1CNCC1NC(=O)c1cc(-c2ccc(F)cc2)on1.Cl. The number of hydrogen-bond donors (Lipinski definition) is 2. The molecule has 0 radical (unpaired) electrons. The molecule has 3 rings (SSSR count). The first-order valence-electron chi connectivity index (χ1n) is 6.94. The molecule has 1 aromatic carbocycles. The molecule has 1 fully saturated rings. The first-order valence-corrected chi connectivity index (χ1v) is 6.94. The molecular formula is C15H17ClFN3O3. The van der Waals surface area contributed by atoms with Gasteiger partial charge >= 0.3 is 0 Å². The summed E-state index contributed by atoms with van der Waals surface area (Å²) in [5, 5.41) is 9.77. The van der Waals surface area contributed by atoms with Crippen LogP contribution in [0.15, 0.2) is 34.9 Å². The van der Waals surface area contributed by atoms with E-state index in [0.29, 0.717) is 24.4 Å². The molecule has 1 unspecified atom stereocenters. The molecule has 6 nitrogen and oxygen atoms in total. The molecule has 0 saturated carbocycles. The molecule has 1 amide bonds. The van der Waals surface area contributed by atoms with Crippen molar-refractivity contribution in [2.75, 3.05) is 20.2 Å². The van der Waals surface area contributed by atoms with Crippen molar-refractivity contribution in [3.05, 3.63) is 41.8 Å².